The van der Waals surface area contributed by atoms with Crippen LogP contribution in [0.4, 0.5) is 10.1 Å². The first kappa shape index (κ1) is 24.7. The maximum absolute atomic E-state index is 13.7. The minimum absolute atomic E-state index is 0.00228. The molecule has 3 aromatic rings. The van der Waals surface area contributed by atoms with Crippen LogP contribution < -0.4 is 15.0 Å². The van der Waals surface area contributed by atoms with E-state index in [4.69, 9.17) is 16.3 Å². The Hall–Kier alpha value is -3.01. The zero-order chi connectivity index (χ0) is 25.4. The van der Waals surface area contributed by atoms with Crippen LogP contribution in [0.25, 0.3) is 0 Å². The van der Waals surface area contributed by atoms with Gasteiger partial charge in [0.15, 0.2) is 5.82 Å². The highest BCUT2D eigenvalue weighted by atomic mass is 35.5. The van der Waals surface area contributed by atoms with Crippen LogP contribution in [0.3, 0.4) is 0 Å². The summed E-state index contributed by atoms with van der Waals surface area (Å²) in [6, 6.07) is 9.28. The summed E-state index contributed by atoms with van der Waals surface area (Å²) >= 11 is 6.25. The largest absolute Gasteiger partial charge is 0.437 e. The van der Waals surface area contributed by atoms with Crippen molar-refractivity contribution in [1.29, 1.82) is 0 Å². The number of aromatic nitrogens is 3. The van der Waals surface area contributed by atoms with E-state index >= 15 is 0 Å². The number of amides is 1. The second kappa shape index (κ2) is 9.80. The molecule has 2 atom stereocenters. The fraction of sp³-hybridized carbons (Fsp3) is 0.423. The van der Waals surface area contributed by atoms with E-state index in [0.29, 0.717) is 42.8 Å². The lowest BCUT2D eigenvalue weighted by atomic mass is 9.88. The molecule has 8 nitrogen and oxygen atoms in total. The molecule has 0 aliphatic carbocycles. The number of anilines is 1. The number of ether oxygens (including phenoxy) is 1. The van der Waals surface area contributed by atoms with Crippen LogP contribution in [-0.4, -0.2) is 63.8 Å². The van der Waals surface area contributed by atoms with Gasteiger partial charge in [-0.1, -0.05) is 37.6 Å². The van der Waals surface area contributed by atoms with Gasteiger partial charge in [0.1, 0.15) is 5.75 Å². The lowest BCUT2D eigenvalue weighted by molar-refractivity contribution is -0.120. The maximum atomic E-state index is 13.7. The van der Waals surface area contributed by atoms with Gasteiger partial charge in [-0.15, -0.1) is 0 Å². The molecule has 2 aliphatic heterocycles. The summed E-state index contributed by atoms with van der Waals surface area (Å²) in [5, 5.41) is 8.03. The van der Waals surface area contributed by atoms with Gasteiger partial charge in [0.25, 0.3) is 0 Å². The van der Waals surface area contributed by atoms with Gasteiger partial charge in [-0.2, -0.15) is 5.10 Å². The van der Waals surface area contributed by atoms with Gasteiger partial charge in [-0.05, 0) is 19.1 Å². The fourth-order valence-corrected chi connectivity index (χ4v) is 5.15. The van der Waals surface area contributed by atoms with E-state index in [1.807, 2.05) is 23.1 Å². The number of nitrogens with one attached hydrogen (secondary N) is 1. The molecule has 0 unspecified atom stereocenters. The van der Waals surface area contributed by atoms with Crippen LogP contribution in [0.2, 0.25) is 5.02 Å². The average molecular weight is 513 g/mol. The van der Waals surface area contributed by atoms with E-state index in [2.05, 4.69) is 41.1 Å². The lowest BCUT2D eigenvalue weighted by Crippen LogP contribution is -2.59. The number of benzene rings is 1. The smallest absolute Gasteiger partial charge is 0.241 e. The number of hydrogen-bond acceptors (Lipinski definition) is 6. The average Bonchev–Trinajstić information content (AvgIpc) is 3.36. The summed E-state index contributed by atoms with van der Waals surface area (Å²) < 4.78 is 21.0. The van der Waals surface area contributed by atoms with Crippen molar-refractivity contribution < 1.29 is 13.9 Å². The number of carbonyl (C=O) groups excluding carboxylic acids is 1. The summed E-state index contributed by atoms with van der Waals surface area (Å²) in [7, 11) is 0. The molecule has 5 rings (SSSR count). The Morgan fingerprint density at radius 1 is 1.31 bits per heavy atom. The molecule has 0 saturated carbocycles. The van der Waals surface area contributed by atoms with Crippen molar-refractivity contribution in [3.8, 4) is 11.6 Å². The predicted octanol–water partition coefficient (Wildman–Crippen LogP) is 3.85. The fourth-order valence-electron chi connectivity index (χ4n) is 4.97. The van der Waals surface area contributed by atoms with Crippen LogP contribution in [0.1, 0.15) is 26.3 Å². The van der Waals surface area contributed by atoms with Crippen molar-refractivity contribution in [1.82, 2.24) is 25.0 Å². The van der Waals surface area contributed by atoms with E-state index in [1.165, 1.54) is 12.4 Å². The molecule has 2 aromatic heterocycles. The molecule has 0 bridgehead atoms. The first-order valence-corrected chi connectivity index (χ1v) is 12.5. The molecule has 190 valence electrons. The first-order chi connectivity index (χ1) is 17.2. The molecule has 1 saturated heterocycles. The van der Waals surface area contributed by atoms with Gasteiger partial charge < -0.3 is 15.0 Å². The van der Waals surface area contributed by atoms with Crippen molar-refractivity contribution in [3.63, 3.8) is 0 Å². The van der Waals surface area contributed by atoms with Crippen LogP contribution >= 0.6 is 11.6 Å². The molecule has 36 heavy (non-hydrogen) atoms. The third kappa shape index (κ3) is 5.09. The summed E-state index contributed by atoms with van der Waals surface area (Å²) in [5.41, 5.74) is 1.56. The Morgan fingerprint density at radius 3 is 2.86 bits per heavy atom. The standard InChI is InChI=1S/C26H30ClFN6O2/c1-17-12-32(19(10-29-17)14-33-13-18(28)9-31-33)15-25(35)34-16-26(2,3)20-11-30-24(8-22(20)34)36-23-7-5-4-6-21(23)27/h4-9,11,13,17,19,29H,10,12,14-16H2,1-3H3/t17-,19-/m1/s1. The van der Waals surface area contributed by atoms with Crippen LogP contribution in [0, 0.1) is 5.82 Å². The Kier molecular flexibility index (Phi) is 6.72. The molecule has 4 heterocycles. The third-order valence-corrected chi connectivity index (χ3v) is 7.16. The second-order valence-corrected chi connectivity index (χ2v) is 10.6. The first-order valence-electron chi connectivity index (χ1n) is 12.1. The Bertz CT molecular complexity index is 1260. The SMILES string of the molecule is C[C@@H]1CN(CC(=O)N2CC(C)(C)c3cnc(Oc4ccccc4Cl)cc32)[C@@H](Cn2cc(F)cn2)CN1. The monoisotopic (exact) mass is 512 g/mol. The van der Waals surface area contributed by atoms with Gasteiger partial charge in [0.2, 0.25) is 11.8 Å². The summed E-state index contributed by atoms with van der Waals surface area (Å²) in [6.45, 7) is 9.01. The topological polar surface area (TPSA) is 75.5 Å². The summed E-state index contributed by atoms with van der Waals surface area (Å²) in [4.78, 5) is 22.2. The van der Waals surface area contributed by atoms with Crippen LogP contribution in [0.15, 0.2) is 48.9 Å². The van der Waals surface area contributed by atoms with Crippen molar-refractivity contribution >= 4 is 23.2 Å². The molecule has 1 fully saturated rings. The number of hydrogen-bond donors (Lipinski definition) is 1. The van der Waals surface area contributed by atoms with Gasteiger partial charge in [0, 0.05) is 55.0 Å². The molecular formula is C26H30ClFN6O2. The third-order valence-electron chi connectivity index (χ3n) is 6.85. The molecule has 1 amide bonds. The second-order valence-electron chi connectivity index (χ2n) is 10.2. The molecule has 1 N–H and O–H groups in total. The van der Waals surface area contributed by atoms with Gasteiger partial charge in [0.05, 0.1) is 36.2 Å². The van der Waals surface area contributed by atoms with Gasteiger partial charge in [-0.3, -0.25) is 14.4 Å². The minimum atomic E-state index is -0.367. The van der Waals surface area contributed by atoms with Crippen molar-refractivity contribution in [2.24, 2.45) is 0 Å². The van der Waals surface area contributed by atoms with Crippen LogP contribution in [-0.2, 0) is 16.8 Å². The number of fused-ring (bicyclic) bond motifs is 1. The predicted molar refractivity (Wildman–Crippen MR) is 136 cm³/mol. The Labute approximate surface area is 215 Å². The molecule has 10 heteroatoms. The molecule has 2 aliphatic rings. The zero-order valence-electron chi connectivity index (χ0n) is 20.6. The zero-order valence-corrected chi connectivity index (χ0v) is 21.4. The number of rotatable bonds is 6. The number of pyridine rings is 1. The van der Waals surface area contributed by atoms with Crippen molar-refractivity contribution in [2.45, 2.75) is 44.8 Å². The molecule has 1 aromatic carbocycles. The van der Waals surface area contributed by atoms with E-state index < -0.39 is 0 Å². The van der Waals surface area contributed by atoms with E-state index in [1.54, 1.807) is 23.0 Å². The van der Waals surface area contributed by atoms with Gasteiger partial charge in [-0.25, -0.2) is 9.37 Å². The molecule has 0 radical (unpaired) electrons. The highest BCUT2D eigenvalue weighted by molar-refractivity contribution is 6.32. The number of carbonyl (C=O) groups is 1. The Morgan fingerprint density at radius 2 is 2.11 bits per heavy atom. The van der Waals surface area contributed by atoms with Crippen LogP contribution in [0.5, 0.6) is 11.6 Å². The van der Waals surface area contributed by atoms with E-state index in [9.17, 15) is 9.18 Å². The van der Waals surface area contributed by atoms with Gasteiger partial charge >= 0.3 is 0 Å². The highest BCUT2D eigenvalue weighted by Crippen LogP contribution is 2.42. The minimum Gasteiger partial charge on any atom is -0.437 e. The molecule has 0 spiro atoms. The lowest BCUT2D eigenvalue weighted by Gasteiger charge is -2.39. The van der Waals surface area contributed by atoms with Crippen molar-refractivity contribution in [3.05, 3.63) is 65.3 Å². The number of halogens is 2. The molecular weight excluding hydrogens is 483 g/mol. The quantitative estimate of drug-likeness (QED) is 0.541. The number of para-hydroxylation sites is 1. The highest BCUT2D eigenvalue weighted by Gasteiger charge is 2.40. The van der Waals surface area contributed by atoms with Crippen molar-refractivity contribution in [2.75, 3.05) is 31.1 Å². The Balaban J connectivity index is 1.36. The normalized spacial score (nSPS) is 21.4. The van der Waals surface area contributed by atoms with E-state index in [0.717, 1.165) is 11.3 Å². The summed E-state index contributed by atoms with van der Waals surface area (Å²) in [6.07, 6.45) is 4.37. The maximum Gasteiger partial charge on any atom is 0.241 e. The summed E-state index contributed by atoms with van der Waals surface area (Å²) in [5.74, 6) is 0.526. The van der Waals surface area contributed by atoms with E-state index in [-0.39, 0.29) is 35.8 Å². The number of piperazine rings is 1. The number of nitrogens with zero attached hydrogens (tertiary/aromatic N) is 5.